The fraction of sp³-hybridized carbons (Fsp3) is 0.409. The third-order valence-corrected chi connectivity index (χ3v) is 7.33. The minimum Gasteiger partial charge on any atom is -0.497 e. The van der Waals surface area contributed by atoms with Gasteiger partial charge in [-0.25, -0.2) is 8.42 Å². The van der Waals surface area contributed by atoms with Crippen molar-refractivity contribution < 1.29 is 27.4 Å². The average molecular weight is 447 g/mol. The third kappa shape index (κ3) is 4.77. The second-order valence-electron chi connectivity index (χ2n) is 7.47. The van der Waals surface area contributed by atoms with Gasteiger partial charge in [0.25, 0.3) is 0 Å². The van der Waals surface area contributed by atoms with Crippen LogP contribution in [0.25, 0.3) is 0 Å². The Morgan fingerprint density at radius 3 is 2.48 bits per heavy atom. The van der Waals surface area contributed by atoms with Crippen LogP contribution in [0.4, 0.5) is 0 Å². The molecule has 2 aliphatic heterocycles. The molecule has 0 saturated carbocycles. The lowest BCUT2D eigenvalue weighted by molar-refractivity contribution is -0.131. The average Bonchev–Trinajstić information content (AvgIpc) is 3.04. The number of carbonyl (C=O) groups is 1. The molecule has 0 atom stereocenters. The van der Waals surface area contributed by atoms with E-state index < -0.39 is 10.0 Å². The molecule has 2 aromatic rings. The lowest BCUT2D eigenvalue weighted by Crippen LogP contribution is -2.50. The molecular formula is C22H26N2O6S. The fourth-order valence-corrected chi connectivity index (χ4v) is 5.14. The normalized spacial score (nSPS) is 17.1. The highest BCUT2D eigenvalue weighted by atomic mass is 32.2. The van der Waals surface area contributed by atoms with E-state index in [2.05, 4.69) is 0 Å². The van der Waals surface area contributed by atoms with E-state index in [1.54, 1.807) is 24.1 Å². The highest BCUT2D eigenvalue weighted by molar-refractivity contribution is 7.89. The SMILES string of the molecule is COc1cccc(CC(=O)N2CCN(S(=O)(=O)c3ccc4c(c3)OCCCO4)CC2)c1. The van der Waals surface area contributed by atoms with Crippen molar-refractivity contribution >= 4 is 15.9 Å². The van der Waals surface area contributed by atoms with Gasteiger partial charge in [-0.15, -0.1) is 0 Å². The summed E-state index contributed by atoms with van der Waals surface area (Å²) in [6.07, 6.45) is 1.01. The Kier molecular flexibility index (Phi) is 6.33. The predicted molar refractivity (Wildman–Crippen MR) is 114 cm³/mol. The summed E-state index contributed by atoms with van der Waals surface area (Å²) >= 11 is 0. The second kappa shape index (κ2) is 9.15. The molecule has 0 aromatic heterocycles. The van der Waals surface area contributed by atoms with E-state index in [0.717, 1.165) is 12.0 Å². The predicted octanol–water partition coefficient (Wildman–Crippen LogP) is 1.93. The maximum Gasteiger partial charge on any atom is 0.243 e. The van der Waals surface area contributed by atoms with Gasteiger partial charge in [0.05, 0.1) is 31.6 Å². The molecule has 31 heavy (non-hydrogen) atoms. The van der Waals surface area contributed by atoms with Crippen LogP contribution in [0.15, 0.2) is 47.4 Å². The van der Waals surface area contributed by atoms with E-state index >= 15 is 0 Å². The standard InChI is InChI=1S/C22H26N2O6S/c1-28-18-5-2-4-17(14-18)15-22(25)23-8-10-24(11-9-23)31(26,27)19-6-7-20-21(16-19)30-13-3-12-29-20/h2,4-7,14,16H,3,8-13,15H2,1H3. The zero-order chi connectivity index (χ0) is 21.8. The summed E-state index contributed by atoms with van der Waals surface area (Å²) in [4.78, 5) is 14.6. The van der Waals surface area contributed by atoms with E-state index in [1.807, 2.05) is 24.3 Å². The van der Waals surface area contributed by atoms with Crippen molar-refractivity contribution in [2.24, 2.45) is 0 Å². The molecular weight excluding hydrogens is 420 g/mol. The minimum absolute atomic E-state index is 0.0270. The number of hydrogen-bond acceptors (Lipinski definition) is 6. The lowest BCUT2D eigenvalue weighted by atomic mass is 10.1. The third-order valence-electron chi connectivity index (χ3n) is 5.44. The number of amides is 1. The molecule has 0 N–H and O–H groups in total. The number of hydrogen-bond donors (Lipinski definition) is 0. The van der Waals surface area contributed by atoms with Gasteiger partial charge in [-0.3, -0.25) is 4.79 Å². The first-order chi connectivity index (χ1) is 15.0. The van der Waals surface area contributed by atoms with Crippen LogP contribution >= 0.6 is 0 Å². The number of fused-ring (bicyclic) bond motifs is 1. The van der Waals surface area contributed by atoms with E-state index in [-0.39, 0.29) is 30.3 Å². The first-order valence-corrected chi connectivity index (χ1v) is 11.7. The van der Waals surface area contributed by atoms with Crippen molar-refractivity contribution in [3.8, 4) is 17.2 Å². The summed E-state index contributed by atoms with van der Waals surface area (Å²) in [7, 11) is -2.09. The Morgan fingerprint density at radius 2 is 1.74 bits per heavy atom. The molecule has 0 aliphatic carbocycles. The van der Waals surface area contributed by atoms with Gasteiger partial charge in [-0.2, -0.15) is 4.31 Å². The largest absolute Gasteiger partial charge is 0.497 e. The number of nitrogens with zero attached hydrogens (tertiary/aromatic N) is 2. The van der Waals surface area contributed by atoms with Crippen LogP contribution in [0.3, 0.4) is 0 Å². The summed E-state index contributed by atoms with van der Waals surface area (Å²) in [6, 6.07) is 12.1. The van der Waals surface area contributed by atoms with Gasteiger partial charge in [-0.1, -0.05) is 12.1 Å². The van der Waals surface area contributed by atoms with Crippen LogP contribution in [-0.2, 0) is 21.2 Å². The Balaban J connectivity index is 1.39. The zero-order valence-corrected chi connectivity index (χ0v) is 18.3. The van der Waals surface area contributed by atoms with Crippen LogP contribution in [0.2, 0.25) is 0 Å². The van der Waals surface area contributed by atoms with Crippen molar-refractivity contribution in [1.29, 1.82) is 0 Å². The Hall–Kier alpha value is -2.78. The van der Waals surface area contributed by atoms with Crippen LogP contribution in [-0.4, -0.2) is 70.0 Å². The Morgan fingerprint density at radius 1 is 1.00 bits per heavy atom. The monoisotopic (exact) mass is 446 g/mol. The molecule has 1 saturated heterocycles. The van der Waals surface area contributed by atoms with Gasteiger partial charge in [0.15, 0.2) is 11.5 Å². The van der Waals surface area contributed by atoms with Gasteiger partial charge >= 0.3 is 0 Å². The highest BCUT2D eigenvalue weighted by Crippen LogP contribution is 2.33. The zero-order valence-electron chi connectivity index (χ0n) is 17.5. The first-order valence-electron chi connectivity index (χ1n) is 10.3. The van der Waals surface area contributed by atoms with Gasteiger partial charge in [0.2, 0.25) is 15.9 Å². The summed E-state index contributed by atoms with van der Waals surface area (Å²) in [5.74, 6) is 1.69. The summed E-state index contributed by atoms with van der Waals surface area (Å²) in [5, 5.41) is 0. The van der Waals surface area contributed by atoms with E-state index in [0.29, 0.717) is 43.6 Å². The topological polar surface area (TPSA) is 85.4 Å². The molecule has 4 rings (SSSR count). The first kappa shape index (κ1) is 21.5. The highest BCUT2D eigenvalue weighted by Gasteiger charge is 2.31. The molecule has 2 aliphatic rings. The molecule has 1 amide bonds. The number of rotatable bonds is 5. The van der Waals surface area contributed by atoms with Crippen molar-refractivity contribution in [3.63, 3.8) is 0 Å². The van der Waals surface area contributed by atoms with Crippen molar-refractivity contribution in [2.75, 3.05) is 46.5 Å². The molecule has 0 unspecified atom stereocenters. The number of ether oxygens (including phenoxy) is 3. The Bertz CT molecular complexity index is 1050. The molecule has 2 aromatic carbocycles. The van der Waals surface area contributed by atoms with E-state index in [4.69, 9.17) is 14.2 Å². The molecule has 2 heterocycles. The lowest BCUT2D eigenvalue weighted by Gasteiger charge is -2.34. The maximum atomic E-state index is 13.1. The molecule has 0 spiro atoms. The molecule has 1 fully saturated rings. The van der Waals surface area contributed by atoms with Gasteiger partial charge in [0.1, 0.15) is 5.75 Å². The van der Waals surface area contributed by atoms with Gasteiger partial charge in [-0.05, 0) is 29.8 Å². The van der Waals surface area contributed by atoms with E-state index in [9.17, 15) is 13.2 Å². The van der Waals surface area contributed by atoms with Gasteiger partial charge < -0.3 is 19.1 Å². The van der Waals surface area contributed by atoms with Gasteiger partial charge in [0, 0.05) is 38.7 Å². The van der Waals surface area contributed by atoms with Crippen LogP contribution < -0.4 is 14.2 Å². The van der Waals surface area contributed by atoms with Crippen LogP contribution in [0, 0.1) is 0 Å². The summed E-state index contributed by atoms with van der Waals surface area (Å²) < 4.78 is 44.0. The molecule has 9 heteroatoms. The van der Waals surface area contributed by atoms with Crippen LogP contribution in [0.5, 0.6) is 17.2 Å². The summed E-state index contributed by atoms with van der Waals surface area (Å²) in [5.41, 5.74) is 0.867. The number of carbonyl (C=O) groups excluding carboxylic acids is 1. The Labute approximate surface area is 182 Å². The number of benzene rings is 2. The molecule has 0 radical (unpaired) electrons. The van der Waals surface area contributed by atoms with Crippen molar-refractivity contribution in [2.45, 2.75) is 17.7 Å². The number of sulfonamides is 1. The maximum absolute atomic E-state index is 13.1. The minimum atomic E-state index is -3.68. The van der Waals surface area contributed by atoms with E-state index in [1.165, 1.54) is 10.4 Å². The fourth-order valence-electron chi connectivity index (χ4n) is 3.70. The molecule has 0 bridgehead atoms. The smallest absolute Gasteiger partial charge is 0.243 e. The molecule has 166 valence electrons. The van der Waals surface area contributed by atoms with Crippen molar-refractivity contribution in [1.82, 2.24) is 9.21 Å². The second-order valence-corrected chi connectivity index (χ2v) is 9.41. The number of methoxy groups -OCH3 is 1. The quantitative estimate of drug-likeness (QED) is 0.698. The summed E-state index contributed by atoms with van der Waals surface area (Å²) in [6.45, 7) is 2.25. The van der Waals surface area contributed by atoms with Crippen LogP contribution in [0.1, 0.15) is 12.0 Å². The molecule has 8 nitrogen and oxygen atoms in total. The van der Waals surface area contributed by atoms with Crippen molar-refractivity contribution in [3.05, 3.63) is 48.0 Å². The number of piperazine rings is 1.